The van der Waals surface area contributed by atoms with Crippen LogP contribution in [0, 0.1) is 19.3 Å². The minimum atomic E-state index is -4.19. The molecule has 2 atom stereocenters. The highest BCUT2D eigenvalue weighted by Gasteiger charge is 2.33. The van der Waals surface area contributed by atoms with Crippen molar-refractivity contribution in [2.75, 3.05) is 29.4 Å². The van der Waals surface area contributed by atoms with Crippen LogP contribution in [0.5, 0.6) is 5.88 Å². The average Bonchev–Trinajstić information content (AvgIpc) is 3.59. The number of carbonyl (C=O) groups is 1. The lowest BCUT2D eigenvalue weighted by Crippen LogP contribution is -2.45. The largest absolute Gasteiger partial charge is 0.475 e. The third-order valence-electron chi connectivity index (χ3n) is 9.15. The zero-order valence-electron chi connectivity index (χ0n) is 30.4. The van der Waals surface area contributed by atoms with Gasteiger partial charge in [-0.05, 0) is 75.3 Å². The number of hydrogen-bond donors (Lipinski definition) is 1. The zero-order chi connectivity index (χ0) is 36.5. The van der Waals surface area contributed by atoms with E-state index in [1.807, 2.05) is 32.0 Å². The SMILES string of the molecule is Cc1cccc(C)c1-c1cc2nc(n1)NS(=O)(=O)c1cccc(c1)C(=O)N(Cc1cncc(N(C(C)C)C3CCOC3)n1)C(CC(C)(C)C)CO2. The fraction of sp³-hybridized carbons (Fsp3) is 0.447. The molecule has 1 fully saturated rings. The summed E-state index contributed by atoms with van der Waals surface area (Å²) in [6.45, 7) is 16.0. The van der Waals surface area contributed by atoms with E-state index in [0.29, 0.717) is 36.8 Å². The van der Waals surface area contributed by atoms with Gasteiger partial charge in [-0.25, -0.2) is 23.1 Å². The number of fused-ring (bicyclic) bond motifs is 4. The first-order chi connectivity index (χ1) is 24.2. The molecule has 2 aromatic carbocycles. The Hall–Kier alpha value is -4.62. The van der Waals surface area contributed by atoms with Crippen molar-refractivity contribution in [3.05, 3.63) is 83.3 Å². The van der Waals surface area contributed by atoms with Crippen LogP contribution in [0.25, 0.3) is 11.3 Å². The van der Waals surface area contributed by atoms with Crippen molar-refractivity contribution in [3.63, 3.8) is 0 Å². The summed E-state index contributed by atoms with van der Waals surface area (Å²) in [6.07, 6.45) is 4.89. The van der Waals surface area contributed by atoms with Crippen LogP contribution in [0.4, 0.5) is 11.8 Å². The molecule has 6 rings (SSSR count). The van der Waals surface area contributed by atoms with Gasteiger partial charge < -0.3 is 19.3 Å². The number of amides is 1. The first-order valence-corrected chi connectivity index (χ1v) is 18.9. The Morgan fingerprint density at radius 3 is 2.43 bits per heavy atom. The number of hydrogen-bond acceptors (Lipinski definition) is 10. The molecule has 4 bridgehead atoms. The van der Waals surface area contributed by atoms with Crippen molar-refractivity contribution in [2.24, 2.45) is 5.41 Å². The molecule has 1 amide bonds. The molecule has 4 aromatic rings. The monoisotopic (exact) mass is 713 g/mol. The van der Waals surface area contributed by atoms with E-state index in [1.54, 1.807) is 35.5 Å². The number of sulfonamides is 1. The van der Waals surface area contributed by atoms with E-state index in [-0.39, 0.29) is 58.8 Å². The third kappa shape index (κ3) is 8.31. The molecule has 51 heavy (non-hydrogen) atoms. The predicted molar refractivity (Wildman–Crippen MR) is 196 cm³/mol. The lowest BCUT2D eigenvalue weighted by atomic mass is 9.87. The number of anilines is 2. The molecule has 2 unspecified atom stereocenters. The Kier molecular flexibility index (Phi) is 10.3. The molecule has 270 valence electrons. The number of nitrogens with zero attached hydrogens (tertiary/aromatic N) is 6. The van der Waals surface area contributed by atoms with E-state index in [1.165, 1.54) is 12.1 Å². The van der Waals surface area contributed by atoms with Gasteiger partial charge in [0.15, 0.2) is 0 Å². The van der Waals surface area contributed by atoms with Crippen molar-refractivity contribution in [2.45, 2.75) is 90.9 Å². The number of ether oxygens (including phenoxy) is 2. The van der Waals surface area contributed by atoms with E-state index >= 15 is 0 Å². The van der Waals surface area contributed by atoms with Crippen LogP contribution in [0.15, 0.2) is 65.8 Å². The fourth-order valence-corrected chi connectivity index (χ4v) is 7.92. The number of nitrogens with one attached hydrogen (secondary N) is 1. The summed E-state index contributed by atoms with van der Waals surface area (Å²) in [7, 11) is -4.19. The lowest BCUT2D eigenvalue weighted by Gasteiger charge is -2.36. The molecule has 1 saturated heterocycles. The molecule has 12 nitrogen and oxygen atoms in total. The van der Waals surface area contributed by atoms with Gasteiger partial charge in [-0.1, -0.05) is 45.0 Å². The number of aromatic nitrogens is 4. The van der Waals surface area contributed by atoms with Crippen LogP contribution in [0.1, 0.15) is 74.6 Å². The van der Waals surface area contributed by atoms with Crippen LogP contribution in [-0.2, 0) is 21.3 Å². The van der Waals surface area contributed by atoms with Crippen molar-refractivity contribution in [3.8, 4) is 17.1 Å². The summed E-state index contributed by atoms with van der Waals surface area (Å²) in [5.74, 6) is 0.424. The first-order valence-electron chi connectivity index (χ1n) is 17.4. The van der Waals surface area contributed by atoms with Crippen molar-refractivity contribution in [1.82, 2.24) is 24.8 Å². The Labute approximate surface area is 300 Å². The lowest BCUT2D eigenvalue weighted by molar-refractivity contribution is 0.0509. The molecule has 13 heteroatoms. The molecular formula is C38H47N7O5S. The second-order valence-corrected chi connectivity index (χ2v) is 16.5. The highest BCUT2D eigenvalue weighted by atomic mass is 32.2. The molecule has 0 radical (unpaired) electrons. The molecule has 4 heterocycles. The summed E-state index contributed by atoms with van der Waals surface area (Å²) in [4.78, 5) is 37.2. The van der Waals surface area contributed by atoms with Crippen LogP contribution in [0.3, 0.4) is 0 Å². The topological polar surface area (TPSA) is 140 Å². The van der Waals surface area contributed by atoms with E-state index < -0.39 is 16.1 Å². The van der Waals surface area contributed by atoms with Gasteiger partial charge in [0.1, 0.15) is 12.4 Å². The summed E-state index contributed by atoms with van der Waals surface area (Å²) in [5.41, 5.74) is 3.93. The van der Waals surface area contributed by atoms with E-state index in [9.17, 15) is 13.2 Å². The van der Waals surface area contributed by atoms with Crippen molar-refractivity contribution in [1.29, 1.82) is 0 Å². The van der Waals surface area contributed by atoms with Gasteiger partial charge in [-0.3, -0.25) is 9.78 Å². The molecule has 0 saturated carbocycles. The Morgan fingerprint density at radius 2 is 1.75 bits per heavy atom. The van der Waals surface area contributed by atoms with Gasteiger partial charge in [0.05, 0.1) is 53.9 Å². The van der Waals surface area contributed by atoms with Gasteiger partial charge in [0.2, 0.25) is 11.8 Å². The second-order valence-electron chi connectivity index (χ2n) is 14.9. The second kappa shape index (κ2) is 14.5. The smallest absolute Gasteiger partial charge is 0.264 e. The van der Waals surface area contributed by atoms with Crippen LogP contribution < -0.4 is 14.4 Å². The van der Waals surface area contributed by atoms with E-state index in [0.717, 1.165) is 23.1 Å². The summed E-state index contributed by atoms with van der Waals surface area (Å²) in [6, 6.07) is 13.5. The molecule has 1 N–H and O–H groups in total. The van der Waals surface area contributed by atoms with E-state index in [2.05, 4.69) is 59.2 Å². The highest BCUT2D eigenvalue weighted by molar-refractivity contribution is 7.92. The number of carbonyl (C=O) groups excluding carboxylic acids is 1. The normalized spacial score (nSPS) is 19.1. The standard InChI is InChI=1S/C38H47N7O5S/c1-24(2)45(29-14-15-49-22-29)33-20-39-19-28(40-33)21-44-30(18-38(5,6)7)23-50-34-17-32(35-25(3)10-8-11-26(35)4)41-37(42-34)43-51(47,48)31-13-9-12-27(16-31)36(44)46/h8-13,16-17,19-20,24,29-30H,14-15,18,21-23H2,1-7H3,(H,41,42,43). The average molecular weight is 714 g/mol. The fourth-order valence-electron chi connectivity index (χ4n) is 6.93. The van der Waals surface area contributed by atoms with Crippen LogP contribution in [0.2, 0.25) is 0 Å². The van der Waals surface area contributed by atoms with Crippen LogP contribution in [-0.4, -0.2) is 77.1 Å². The van der Waals surface area contributed by atoms with Gasteiger partial charge in [0, 0.05) is 29.8 Å². The van der Waals surface area contributed by atoms with Gasteiger partial charge in [0.25, 0.3) is 15.9 Å². The van der Waals surface area contributed by atoms with Crippen molar-refractivity contribution < 1.29 is 22.7 Å². The maximum absolute atomic E-state index is 14.6. The minimum absolute atomic E-state index is 0.0861. The predicted octanol–water partition coefficient (Wildman–Crippen LogP) is 6.19. The minimum Gasteiger partial charge on any atom is -0.475 e. The Bertz CT molecular complexity index is 1990. The summed E-state index contributed by atoms with van der Waals surface area (Å²) >= 11 is 0. The van der Waals surface area contributed by atoms with Crippen molar-refractivity contribution >= 4 is 27.7 Å². The number of rotatable bonds is 7. The molecule has 2 aliphatic heterocycles. The maximum Gasteiger partial charge on any atom is 0.264 e. The van der Waals surface area contributed by atoms with Gasteiger partial charge in [-0.2, -0.15) is 4.98 Å². The third-order valence-corrected chi connectivity index (χ3v) is 10.5. The van der Waals surface area contributed by atoms with E-state index in [4.69, 9.17) is 14.5 Å². The molecule has 0 spiro atoms. The number of benzene rings is 2. The zero-order valence-corrected chi connectivity index (χ0v) is 31.2. The first kappa shape index (κ1) is 36.2. The van der Waals surface area contributed by atoms with Crippen LogP contribution >= 0.6 is 0 Å². The quantitative estimate of drug-likeness (QED) is 0.236. The van der Waals surface area contributed by atoms with Gasteiger partial charge >= 0.3 is 0 Å². The maximum atomic E-state index is 14.6. The highest BCUT2D eigenvalue weighted by Crippen LogP contribution is 2.32. The molecule has 2 aromatic heterocycles. The summed E-state index contributed by atoms with van der Waals surface area (Å²) < 4.78 is 42.2. The summed E-state index contributed by atoms with van der Waals surface area (Å²) in [5, 5.41) is 0. The Balaban J connectivity index is 1.46. The number of aryl methyl sites for hydroxylation is 2. The van der Waals surface area contributed by atoms with Gasteiger partial charge in [-0.15, -0.1) is 0 Å². The Morgan fingerprint density at radius 1 is 1.00 bits per heavy atom. The molecular weight excluding hydrogens is 667 g/mol. The molecule has 2 aliphatic rings. The molecule has 0 aliphatic carbocycles.